The van der Waals surface area contributed by atoms with Crippen molar-refractivity contribution in [1.82, 2.24) is 10.2 Å². The zero-order valence-electron chi connectivity index (χ0n) is 14.7. The summed E-state index contributed by atoms with van der Waals surface area (Å²) in [7, 11) is 3.10. The first-order valence-corrected chi connectivity index (χ1v) is 8.34. The quantitative estimate of drug-likeness (QED) is 0.716. The molecule has 1 aromatic rings. The Morgan fingerprint density at radius 1 is 1.32 bits per heavy atom. The first-order chi connectivity index (χ1) is 10.6. The molecule has 1 atom stereocenters. The number of carbonyl (C=O) groups is 1. The molecule has 0 saturated carbocycles. The monoisotopic (exact) mass is 442 g/mol. The predicted molar refractivity (Wildman–Crippen MR) is 104 cm³/mol. The molecule has 0 radical (unpaired) electrons. The van der Waals surface area contributed by atoms with Gasteiger partial charge in [0.05, 0.1) is 18.7 Å². The van der Waals surface area contributed by atoms with Gasteiger partial charge in [0.1, 0.15) is 17.1 Å². The predicted octanol–water partition coefficient (Wildman–Crippen LogP) is 1.45. The van der Waals surface area contributed by atoms with Gasteiger partial charge in [-0.25, -0.2) is 0 Å². The molecule has 0 aromatic heterocycles. The maximum Gasteiger partial charge on any atom is 0.258 e. The van der Waals surface area contributed by atoms with Gasteiger partial charge in [-0.2, -0.15) is 0 Å². The van der Waals surface area contributed by atoms with E-state index in [0.717, 1.165) is 24.0 Å². The molecule has 2 rings (SSSR count). The number of amides is 1. The molecule has 1 amide bonds. The molecule has 0 aliphatic carbocycles. The number of methoxy groups -OCH3 is 2. The van der Waals surface area contributed by atoms with Gasteiger partial charge in [-0.15, -0.1) is 12.4 Å². The molecular formula is C16H28BrClN2O5. The summed E-state index contributed by atoms with van der Waals surface area (Å²) in [4.78, 5) is 15.0. The van der Waals surface area contributed by atoms with Crippen LogP contribution in [0.3, 0.4) is 0 Å². The Morgan fingerprint density at radius 2 is 2.00 bits per heavy atom. The Bertz CT molecular complexity index is 548. The van der Waals surface area contributed by atoms with Gasteiger partial charge in [-0.3, -0.25) is 9.69 Å². The number of benzene rings is 1. The highest BCUT2D eigenvalue weighted by molar-refractivity contribution is 9.10. The maximum atomic E-state index is 12.6. The van der Waals surface area contributed by atoms with Gasteiger partial charge in [0, 0.05) is 12.6 Å². The minimum Gasteiger partial charge on any atom is -0.496 e. The average Bonchev–Trinajstić information content (AvgIpc) is 2.99. The van der Waals surface area contributed by atoms with E-state index in [1.807, 2.05) is 6.07 Å². The van der Waals surface area contributed by atoms with E-state index >= 15 is 0 Å². The van der Waals surface area contributed by atoms with Crippen molar-refractivity contribution in [3.63, 3.8) is 0 Å². The number of rotatable bonds is 6. The fraction of sp³-hybridized carbons (Fsp3) is 0.562. The minimum atomic E-state index is -0.169. The molecule has 1 saturated heterocycles. The molecule has 1 aliphatic heterocycles. The Balaban J connectivity index is 0. The van der Waals surface area contributed by atoms with Crippen molar-refractivity contribution in [2.24, 2.45) is 0 Å². The van der Waals surface area contributed by atoms with Crippen LogP contribution in [0.15, 0.2) is 16.6 Å². The van der Waals surface area contributed by atoms with Crippen LogP contribution in [0.1, 0.15) is 30.1 Å². The molecule has 0 unspecified atom stereocenters. The van der Waals surface area contributed by atoms with E-state index in [-0.39, 0.29) is 29.3 Å². The number of halogens is 2. The standard InChI is InChI=1S/C16H23BrN2O3.ClH.2H2O/c1-4-19-9-5-6-11(19)10-18-16(20)14-13(21-2)8-7-12(17)15(14)22-3;;;/h7-8,11H,4-6,9-10H2,1-3H3,(H,18,20);1H;2*1H2/t11-;;;/m0.../s1. The molecule has 1 aromatic carbocycles. The summed E-state index contributed by atoms with van der Waals surface area (Å²) < 4.78 is 11.4. The maximum absolute atomic E-state index is 12.6. The van der Waals surface area contributed by atoms with E-state index in [2.05, 4.69) is 33.1 Å². The van der Waals surface area contributed by atoms with Gasteiger partial charge >= 0.3 is 0 Å². The second kappa shape index (κ2) is 12.3. The summed E-state index contributed by atoms with van der Waals surface area (Å²) in [6, 6.07) is 3.98. The smallest absolute Gasteiger partial charge is 0.258 e. The van der Waals surface area contributed by atoms with E-state index in [9.17, 15) is 4.79 Å². The van der Waals surface area contributed by atoms with Crippen LogP contribution in [-0.2, 0) is 0 Å². The van der Waals surface area contributed by atoms with Crippen LogP contribution >= 0.6 is 28.3 Å². The second-order valence-corrected chi connectivity index (χ2v) is 6.15. The molecule has 1 aliphatic rings. The third kappa shape index (κ3) is 6.00. The number of likely N-dealkylation sites (N-methyl/N-ethyl adjacent to an activating group) is 1. The largest absolute Gasteiger partial charge is 0.496 e. The highest BCUT2D eigenvalue weighted by Gasteiger charge is 2.25. The zero-order valence-corrected chi connectivity index (χ0v) is 17.1. The van der Waals surface area contributed by atoms with Crippen molar-refractivity contribution in [3.8, 4) is 11.5 Å². The van der Waals surface area contributed by atoms with E-state index in [1.165, 1.54) is 6.42 Å². The summed E-state index contributed by atoms with van der Waals surface area (Å²) in [6.07, 6.45) is 2.32. The van der Waals surface area contributed by atoms with Crippen molar-refractivity contribution in [2.75, 3.05) is 33.9 Å². The molecular weight excluding hydrogens is 416 g/mol. The molecule has 146 valence electrons. The topological polar surface area (TPSA) is 114 Å². The molecule has 1 heterocycles. The summed E-state index contributed by atoms with van der Waals surface area (Å²) in [5.41, 5.74) is 0.431. The highest BCUT2D eigenvalue weighted by atomic mass is 79.9. The van der Waals surface area contributed by atoms with Crippen LogP contribution in [0.4, 0.5) is 0 Å². The second-order valence-electron chi connectivity index (χ2n) is 5.29. The Morgan fingerprint density at radius 3 is 2.56 bits per heavy atom. The lowest BCUT2D eigenvalue weighted by Gasteiger charge is -2.23. The van der Waals surface area contributed by atoms with E-state index in [0.29, 0.717) is 29.6 Å². The fourth-order valence-corrected chi connectivity index (χ4v) is 3.46. The van der Waals surface area contributed by atoms with E-state index in [1.54, 1.807) is 20.3 Å². The van der Waals surface area contributed by atoms with Crippen LogP contribution in [0.2, 0.25) is 0 Å². The summed E-state index contributed by atoms with van der Waals surface area (Å²) in [6.45, 7) is 4.93. The lowest BCUT2D eigenvalue weighted by molar-refractivity contribution is 0.0935. The Hall–Kier alpha value is -1.06. The lowest BCUT2D eigenvalue weighted by atomic mass is 10.1. The molecule has 7 nitrogen and oxygen atoms in total. The molecule has 0 spiro atoms. The van der Waals surface area contributed by atoms with Crippen LogP contribution in [0, 0.1) is 0 Å². The number of carbonyl (C=O) groups excluding carboxylic acids is 1. The summed E-state index contributed by atoms with van der Waals surface area (Å²) in [5, 5.41) is 3.02. The van der Waals surface area contributed by atoms with Gasteiger partial charge in [-0.1, -0.05) is 6.92 Å². The Labute approximate surface area is 163 Å². The number of ether oxygens (including phenoxy) is 2. The summed E-state index contributed by atoms with van der Waals surface area (Å²) in [5.74, 6) is 0.838. The number of hydrogen-bond acceptors (Lipinski definition) is 4. The minimum absolute atomic E-state index is 0. The molecule has 5 N–H and O–H groups in total. The van der Waals surface area contributed by atoms with E-state index < -0.39 is 0 Å². The number of hydrogen-bond donors (Lipinski definition) is 1. The van der Waals surface area contributed by atoms with Crippen LogP contribution in [-0.4, -0.2) is 61.7 Å². The van der Waals surface area contributed by atoms with Gasteiger partial charge in [-0.05, 0) is 54.0 Å². The van der Waals surface area contributed by atoms with E-state index in [4.69, 9.17) is 9.47 Å². The summed E-state index contributed by atoms with van der Waals surface area (Å²) >= 11 is 3.41. The van der Waals surface area contributed by atoms with Gasteiger partial charge in [0.15, 0.2) is 0 Å². The van der Waals surface area contributed by atoms with Gasteiger partial charge < -0.3 is 25.7 Å². The van der Waals surface area contributed by atoms with Crippen molar-refractivity contribution >= 4 is 34.2 Å². The number of nitrogens with one attached hydrogen (secondary N) is 1. The van der Waals surface area contributed by atoms with Crippen molar-refractivity contribution in [3.05, 3.63) is 22.2 Å². The number of nitrogens with zero attached hydrogens (tertiary/aromatic N) is 1. The van der Waals surface area contributed by atoms with Crippen molar-refractivity contribution in [2.45, 2.75) is 25.8 Å². The molecule has 1 fully saturated rings. The molecule has 9 heteroatoms. The van der Waals surface area contributed by atoms with Crippen LogP contribution in [0.25, 0.3) is 0 Å². The average molecular weight is 444 g/mol. The molecule has 0 bridgehead atoms. The van der Waals surface area contributed by atoms with Crippen LogP contribution in [0.5, 0.6) is 11.5 Å². The normalized spacial score (nSPS) is 16.1. The SMILES string of the molecule is CCN1CCC[C@H]1CNC(=O)c1c(OC)ccc(Br)c1OC.Cl.O.O. The number of likely N-dealkylation sites (tertiary alicyclic amines) is 1. The van der Waals surface area contributed by atoms with Gasteiger partial charge in [0.2, 0.25) is 0 Å². The first-order valence-electron chi connectivity index (χ1n) is 7.55. The van der Waals surface area contributed by atoms with Crippen LogP contribution < -0.4 is 14.8 Å². The highest BCUT2D eigenvalue weighted by Crippen LogP contribution is 2.35. The third-order valence-corrected chi connectivity index (χ3v) is 4.75. The van der Waals surface area contributed by atoms with Crippen molar-refractivity contribution < 1.29 is 25.2 Å². The first kappa shape index (κ1) is 26.2. The van der Waals surface area contributed by atoms with Crippen molar-refractivity contribution in [1.29, 1.82) is 0 Å². The lowest BCUT2D eigenvalue weighted by Crippen LogP contribution is -2.40. The third-order valence-electron chi connectivity index (χ3n) is 4.13. The Kier molecular flexibility index (Phi) is 12.9. The zero-order chi connectivity index (χ0) is 16.1. The fourth-order valence-electron chi connectivity index (χ4n) is 2.97. The molecule has 25 heavy (non-hydrogen) atoms. The van der Waals surface area contributed by atoms with Gasteiger partial charge in [0.25, 0.3) is 5.91 Å².